The molecular formula is C19H17Cl2N3O2S. The van der Waals surface area contributed by atoms with Crippen molar-refractivity contribution in [2.75, 3.05) is 7.05 Å². The minimum absolute atomic E-state index is 0.0991. The predicted octanol–water partition coefficient (Wildman–Crippen LogP) is 4.30. The third-order valence-corrected chi connectivity index (χ3v) is 7.10. The molecule has 4 rings (SSSR count). The molecule has 1 N–H and O–H groups in total. The summed E-state index contributed by atoms with van der Waals surface area (Å²) in [7, 11) is -1.96. The number of rotatable bonds is 4. The van der Waals surface area contributed by atoms with Crippen LogP contribution in [-0.4, -0.2) is 24.4 Å². The molecule has 5 nitrogen and oxygen atoms in total. The number of nitrogens with zero attached hydrogens (tertiary/aromatic N) is 2. The van der Waals surface area contributed by atoms with Crippen molar-refractivity contribution in [1.29, 1.82) is 0 Å². The van der Waals surface area contributed by atoms with Gasteiger partial charge in [0.1, 0.15) is 4.90 Å². The highest BCUT2D eigenvalue weighted by molar-refractivity contribution is 7.90. The molecule has 0 aliphatic heterocycles. The first kappa shape index (κ1) is 18.5. The molecule has 0 radical (unpaired) electrons. The molecule has 0 saturated heterocycles. The van der Waals surface area contributed by atoms with Crippen molar-refractivity contribution < 1.29 is 8.42 Å². The fourth-order valence-corrected chi connectivity index (χ4v) is 5.36. The van der Waals surface area contributed by atoms with Gasteiger partial charge in [-0.1, -0.05) is 23.2 Å². The fraction of sp³-hybridized carbons (Fsp3) is 0.211. The number of pyridine rings is 1. The van der Waals surface area contributed by atoms with Gasteiger partial charge in [0, 0.05) is 35.2 Å². The van der Waals surface area contributed by atoms with Crippen molar-refractivity contribution in [3.63, 3.8) is 0 Å². The topological polar surface area (TPSA) is 64.0 Å². The van der Waals surface area contributed by atoms with Gasteiger partial charge in [0.05, 0.1) is 10.7 Å². The summed E-state index contributed by atoms with van der Waals surface area (Å²) in [6, 6.07) is 8.32. The second-order valence-electron chi connectivity index (χ2n) is 6.41. The lowest BCUT2D eigenvalue weighted by Crippen LogP contribution is -2.16. The molecule has 27 heavy (non-hydrogen) atoms. The summed E-state index contributed by atoms with van der Waals surface area (Å²) in [5.41, 5.74) is 3.12. The van der Waals surface area contributed by atoms with E-state index in [0.717, 1.165) is 24.0 Å². The maximum Gasteiger partial charge on any atom is 0.269 e. The molecule has 1 aromatic carbocycles. The van der Waals surface area contributed by atoms with Crippen LogP contribution in [0.4, 0.5) is 0 Å². The molecule has 8 heteroatoms. The maximum absolute atomic E-state index is 13.4. The van der Waals surface area contributed by atoms with Crippen molar-refractivity contribution in [3.05, 3.63) is 70.1 Å². The molecule has 0 spiro atoms. The lowest BCUT2D eigenvalue weighted by molar-refractivity contribution is 0.579. The number of fused-ring (bicyclic) bond motifs is 1. The highest BCUT2D eigenvalue weighted by Crippen LogP contribution is 2.43. The van der Waals surface area contributed by atoms with Crippen LogP contribution in [0.25, 0.3) is 11.3 Å². The van der Waals surface area contributed by atoms with Gasteiger partial charge in [-0.2, -0.15) is 0 Å². The van der Waals surface area contributed by atoms with E-state index in [-0.39, 0.29) is 10.9 Å². The van der Waals surface area contributed by atoms with E-state index in [2.05, 4.69) is 10.3 Å². The molecule has 0 amide bonds. The zero-order valence-electron chi connectivity index (χ0n) is 14.5. The van der Waals surface area contributed by atoms with Crippen LogP contribution in [0, 0.1) is 0 Å². The van der Waals surface area contributed by atoms with Crippen molar-refractivity contribution in [1.82, 2.24) is 14.3 Å². The van der Waals surface area contributed by atoms with E-state index < -0.39 is 10.0 Å². The molecule has 2 aromatic heterocycles. The second-order valence-corrected chi connectivity index (χ2v) is 9.06. The average Bonchev–Trinajstić information content (AvgIpc) is 3.24. The van der Waals surface area contributed by atoms with Crippen molar-refractivity contribution in [2.45, 2.75) is 23.8 Å². The molecule has 0 saturated carbocycles. The van der Waals surface area contributed by atoms with E-state index in [1.54, 1.807) is 36.7 Å². The van der Waals surface area contributed by atoms with Gasteiger partial charge < -0.3 is 5.32 Å². The first-order chi connectivity index (χ1) is 12.9. The second kappa shape index (κ2) is 6.95. The normalized spacial score (nSPS) is 16.5. The third kappa shape index (κ3) is 3.06. The maximum atomic E-state index is 13.4. The quantitative estimate of drug-likeness (QED) is 0.681. The van der Waals surface area contributed by atoms with Crippen LogP contribution >= 0.6 is 23.2 Å². The van der Waals surface area contributed by atoms with Gasteiger partial charge in [0.25, 0.3) is 10.0 Å². The number of hydrogen-bond donors (Lipinski definition) is 1. The molecule has 140 valence electrons. The number of hydrogen-bond acceptors (Lipinski definition) is 4. The third-order valence-electron chi connectivity index (χ3n) is 4.89. The number of nitrogens with one attached hydrogen (secondary N) is 1. The van der Waals surface area contributed by atoms with Crippen molar-refractivity contribution in [2.24, 2.45) is 0 Å². The van der Waals surface area contributed by atoms with Gasteiger partial charge in [0.2, 0.25) is 0 Å². The molecule has 1 unspecified atom stereocenters. The number of halogens is 2. The number of benzene rings is 1. The Morgan fingerprint density at radius 1 is 1.26 bits per heavy atom. The number of aromatic nitrogens is 2. The van der Waals surface area contributed by atoms with E-state index >= 15 is 0 Å². The van der Waals surface area contributed by atoms with Crippen LogP contribution in [0.2, 0.25) is 10.0 Å². The lowest BCUT2D eigenvalue weighted by atomic mass is 10.1. The van der Waals surface area contributed by atoms with Gasteiger partial charge >= 0.3 is 0 Å². The SMILES string of the molecule is CNC1CCc2c1cn(S(=O)(=O)c1cccnc1)c2-c1cc(Cl)ccc1Cl. The molecule has 3 aromatic rings. The predicted molar refractivity (Wildman–Crippen MR) is 107 cm³/mol. The summed E-state index contributed by atoms with van der Waals surface area (Å²) in [5, 5.41) is 4.20. The molecule has 1 aliphatic rings. The van der Waals surface area contributed by atoms with Gasteiger partial charge in [-0.15, -0.1) is 0 Å². The first-order valence-electron chi connectivity index (χ1n) is 8.46. The Kier molecular flexibility index (Phi) is 4.76. The molecular weight excluding hydrogens is 405 g/mol. The van der Waals surface area contributed by atoms with Gasteiger partial charge in [-0.05, 0) is 61.3 Å². The largest absolute Gasteiger partial charge is 0.313 e. The van der Waals surface area contributed by atoms with Crippen molar-refractivity contribution in [3.8, 4) is 11.3 Å². The first-order valence-corrected chi connectivity index (χ1v) is 10.7. The van der Waals surface area contributed by atoms with Crippen LogP contribution < -0.4 is 5.32 Å². The molecule has 1 aliphatic carbocycles. The summed E-state index contributed by atoms with van der Waals surface area (Å²) >= 11 is 12.6. The monoisotopic (exact) mass is 421 g/mol. The van der Waals surface area contributed by atoms with Crippen LogP contribution in [0.3, 0.4) is 0 Å². The Balaban J connectivity index is 2.02. The van der Waals surface area contributed by atoms with Crippen LogP contribution in [0.15, 0.2) is 53.8 Å². The summed E-state index contributed by atoms with van der Waals surface area (Å²) < 4.78 is 28.0. The van der Waals surface area contributed by atoms with E-state index in [1.165, 1.54) is 16.2 Å². The Morgan fingerprint density at radius 3 is 2.78 bits per heavy atom. The van der Waals surface area contributed by atoms with E-state index in [4.69, 9.17) is 23.2 Å². The minimum Gasteiger partial charge on any atom is -0.313 e. The van der Waals surface area contributed by atoms with Crippen LogP contribution in [0.5, 0.6) is 0 Å². The van der Waals surface area contributed by atoms with Crippen molar-refractivity contribution >= 4 is 33.2 Å². The zero-order chi connectivity index (χ0) is 19.2. The standard InChI is InChI=1S/C19H17Cl2N3O2S/c1-22-18-7-5-14-16(18)11-24(27(25,26)13-3-2-8-23-10-13)19(14)15-9-12(20)4-6-17(15)21/h2-4,6,8-11,18,22H,5,7H2,1H3. The van der Waals surface area contributed by atoms with Gasteiger partial charge in [0.15, 0.2) is 0 Å². The summed E-state index contributed by atoms with van der Waals surface area (Å²) in [5.74, 6) is 0. The highest BCUT2D eigenvalue weighted by Gasteiger charge is 2.33. The summed E-state index contributed by atoms with van der Waals surface area (Å²) in [6.45, 7) is 0. The Bertz CT molecular complexity index is 1110. The molecule has 1 atom stereocenters. The van der Waals surface area contributed by atoms with E-state index in [0.29, 0.717) is 21.3 Å². The smallest absolute Gasteiger partial charge is 0.269 e. The van der Waals surface area contributed by atoms with Crippen LogP contribution in [-0.2, 0) is 16.4 Å². The highest BCUT2D eigenvalue weighted by atomic mass is 35.5. The zero-order valence-corrected chi connectivity index (χ0v) is 16.8. The average molecular weight is 422 g/mol. The van der Waals surface area contributed by atoms with Crippen LogP contribution in [0.1, 0.15) is 23.6 Å². The molecule has 0 bridgehead atoms. The summed E-state index contributed by atoms with van der Waals surface area (Å²) in [4.78, 5) is 4.08. The summed E-state index contributed by atoms with van der Waals surface area (Å²) in [6.07, 6.45) is 6.24. The Labute approximate surface area is 168 Å². The Hall–Kier alpha value is -1.86. The van der Waals surface area contributed by atoms with Gasteiger partial charge in [-0.3, -0.25) is 4.98 Å². The molecule has 2 heterocycles. The fourth-order valence-electron chi connectivity index (χ4n) is 3.61. The Morgan fingerprint density at radius 2 is 2.07 bits per heavy atom. The van der Waals surface area contributed by atoms with E-state index in [9.17, 15) is 8.42 Å². The van der Waals surface area contributed by atoms with E-state index in [1.807, 2.05) is 7.05 Å². The molecule has 0 fully saturated rings. The lowest BCUT2D eigenvalue weighted by Gasteiger charge is -2.14. The minimum atomic E-state index is -3.83. The van der Waals surface area contributed by atoms with Gasteiger partial charge in [-0.25, -0.2) is 12.4 Å².